The van der Waals surface area contributed by atoms with E-state index in [0.29, 0.717) is 18.8 Å². The van der Waals surface area contributed by atoms with Gasteiger partial charge in [-0.25, -0.2) is 4.98 Å². The van der Waals surface area contributed by atoms with Crippen LogP contribution in [0.15, 0.2) is 36.7 Å². The summed E-state index contributed by atoms with van der Waals surface area (Å²) in [6.45, 7) is 1.28. The Morgan fingerprint density at radius 3 is 2.90 bits per heavy atom. The monoisotopic (exact) mass is 291 g/mol. The number of benzene rings is 1. The summed E-state index contributed by atoms with van der Waals surface area (Å²) < 4.78 is 12.6. The zero-order valence-corrected chi connectivity index (χ0v) is 12.3. The van der Waals surface area contributed by atoms with Crippen LogP contribution in [0.3, 0.4) is 0 Å². The van der Waals surface area contributed by atoms with Crippen molar-refractivity contribution in [3.63, 3.8) is 0 Å². The van der Waals surface area contributed by atoms with Gasteiger partial charge in [0.05, 0.1) is 13.7 Å². The molecule has 0 saturated carbocycles. The third-order valence-electron chi connectivity index (χ3n) is 3.07. The van der Waals surface area contributed by atoms with E-state index in [2.05, 4.69) is 10.3 Å². The second-order valence-corrected chi connectivity index (χ2v) is 4.73. The van der Waals surface area contributed by atoms with Crippen LogP contribution in [0.25, 0.3) is 0 Å². The van der Waals surface area contributed by atoms with Gasteiger partial charge in [0.1, 0.15) is 30.0 Å². The lowest BCUT2D eigenvalue weighted by Crippen LogP contribution is -2.31. The van der Waals surface area contributed by atoms with Crippen molar-refractivity contribution in [2.75, 3.05) is 20.3 Å². The van der Waals surface area contributed by atoms with Gasteiger partial charge in [0.15, 0.2) is 0 Å². The first-order valence-corrected chi connectivity index (χ1v) is 6.81. The SMILES string of the molecule is COc1cccc(OCC(O)CNCc2nccn2C)c1. The summed E-state index contributed by atoms with van der Waals surface area (Å²) in [4.78, 5) is 4.20. The number of hydrogen-bond acceptors (Lipinski definition) is 5. The van der Waals surface area contributed by atoms with Crippen LogP contribution in [-0.2, 0) is 13.6 Å². The molecule has 6 nitrogen and oxygen atoms in total. The van der Waals surface area contributed by atoms with E-state index in [4.69, 9.17) is 9.47 Å². The molecule has 0 spiro atoms. The topological polar surface area (TPSA) is 68.5 Å². The maximum Gasteiger partial charge on any atom is 0.123 e. The number of methoxy groups -OCH3 is 1. The van der Waals surface area contributed by atoms with Gasteiger partial charge in [0.2, 0.25) is 0 Å². The lowest BCUT2D eigenvalue weighted by Gasteiger charge is -2.13. The van der Waals surface area contributed by atoms with Crippen molar-refractivity contribution >= 4 is 0 Å². The van der Waals surface area contributed by atoms with E-state index in [-0.39, 0.29) is 6.61 Å². The van der Waals surface area contributed by atoms with E-state index in [0.717, 1.165) is 11.6 Å². The fourth-order valence-corrected chi connectivity index (χ4v) is 1.86. The molecule has 1 atom stereocenters. The van der Waals surface area contributed by atoms with Crippen LogP contribution in [0.2, 0.25) is 0 Å². The Hall–Kier alpha value is -2.05. The lowest BCUT2D eigenvalue weighted by molar-refractivity contribution is 0.106. The van der Waals surface area contributed by atoms with Crippen LogP contribution in [0.1, 0.15) is 5.82 Å². The average Bonchev–Trinajstić information content (AvgIpc) is 2.91. The minimum Gasteiger partial charge on any atom is -0.497 e. The van der Waals surface area contributed by atoms with Gasteiger partial charge < -0.3 is 24.5 Å². The minimum absolute atomic E-state index is 0.223. The molecule has 0 amide bonds. The number of ether oxygens (including phenoxy) is 2. The van der Waals surface area contributed by atoms with Crippen molar-refractivity contribution in [3.05, 3.63) is 42.5 Å². The van der Waals surface area contributed by atoms with Crippen molar-refractivity contribution in [3.8, 4) is 11.5 Å². The summed E-state index contributed by atoms with van der Waals surface area (Å²) in [5, 5.41) is 13.0. The summed E-state index contributed by atoms with van der Waals surface area (Å²) in [6.07, 6.45) is 3.05. The molecule has 0 bridgehead atoms. The zero-order chi connectivity index (χ0) is 15.1. The van der Waals surface area contributed by atoms with E-state index in [1.807, 2.05) is 36.0 Å². The van der Waals surface area contributed by atoms with Gasteiger partial charge in [-0.3, -0.25) is 0 Å². The second-order valence-electron chi connectivity index (χ2n) is 4.73. The number of rotatable bonds is 8. The number of hydrogen-bond donors (Lipinski definition) is 2. The number of nitrogens with zero attached hydrogens (tertiary/aromatic N) is 2. The van der Waals surface area contributed by atoms with Crippen molar-refractivity contribution in [1.29, 1.82) is 0 Å². The van der Waals surface area contributed by atoms with Gasteiger partial charge in [0, 0.05) is 32.1 Å². The molecule has 1 heterocycles. The molecule has 0 aliphatic heterocycles. The smallest absolute Gasteiger partial charge is 0.123 e. The number of aliphatic hydroxyl groups is 1. The van der Waals surface area contributed by atoms with Crippen molar-refractivity contribution in [2.45, 2.75) is 12.6 Å². The molecule has 1 unspecified atom stereocenters. The van der Waals surface area contributed by atoms with Crippen LogP contribution in [0, 0.1) is 0 Å². The number of aromatic nitrogens is 2. The fraction of sp³-hybridized carbons (Fsp3) is 0.400. The number of imidazole rings is 1. The Labute approximate surface area is 124 Å². The van der Waals surface area contributed by atoms with Gasteiger partial charge in [0.25, 0.3) is 0 Å². The quantitative estimate of drug-likeness (QED) is 0.758. The molecular formula is C15H21N3O3. The van der Waals surface area contributed by atoms with E-state index in [1.165, 1.54) is 0 Å². The van der Waals surface area contributed by atoms with E-state index in [1.54, 1.807) is 19.4 Å². The highest BCUT2D eigenvalue weighted by molar-refractivity contribution is 5.32. The highest BCUT2D eigenvalue weighted by atomic mass is 16.5. The third-order valence-corrected chi connectivity index (χ3v) is 3.07. The predicted molar refractivity (Wildman–Crippen MR) is 79.4 cm³/mol. The van der Waals surface area contributed by atoms with E-state index < -0.39 is 6.10 Å². The number of aryl methyl sites for hydroxylation is 1. The molecule has 2 rings (SSSR count). The van der Waals surface area contributed by atoms with Gasteiger partial charge in [-0.05, 0) is 12.1 Å². The molecule has 114 valence electrons. The first-order valence-electron chi connectivity index (χ1n) is 6.81. The molecule has 0 aliphatic rings. The average molecular weight is 291 g/mol. The van der Waals surface area contributed by atoms with Gasteiger partial charge in [-0.1, -0.05) is 6.07 Å². The summed E-state index contributed by atoms with van der Waals surface area (Å²) in [6, 6.07) is 7.31. The lowest BCUT2D eigenvalue weighted by atomic mass is 10.3. The van der Waals surface area contributed by atoms with Gasteiger partial charge in [-0.15, -0.1) is 0 Å². The minimum atomic E-state index is -0.587. The summed E-state index contributed by atoms with van der Waals surface area (Å²) in [5.74, 6) is 2.34. The molecule has 2 N–H and O–H groups in total. The molecular weight excluding hydrogens is 270 g/mol. The van der Waals surface area contributed by atoms with Crippen molar-refractivity contribution < 1.29 is 14.6 Å². The Balaban J connectivity index is 1.69. The highest BCUT2D eigenvalue weighted by Crippen LogP contribution is 2.18. The Morgan fingerprint density at radius 2 is 2.19 bits per heavy atom. The van der Waals surface area contributed by atoms with Gasteiger partial charge >= 0.3 is 0 Å². The van der Waals surface area contributed by atoms with Crippen molar-refractivity contribution in [1.82, 2.24) is 14.9 Å². The summed E-state index contributed by atoms with van der Waals surface area (Å²) >= 11 is 0. The summed E-state index contributed by atoms with van der Waals surface area (Å²) in [5.41, 5.74) is 0. The molecule has 0 radical (unpaired) electrons. The maximum absolute atomic E-state index is 9.89. The molecule has 6 heteroatoms. The Morgan fingerprint density at radius 1 is 1.38 bits per heavy atom. The Bertz CT molecular complexity index is 557. The molecule has 21 heavy (non-hydrogen) atoms. The standard InChI is InChI=1S/C15H21N3O3/c1-18-7-6-17-15(18)10-16-9-12(19)11-21-14-5-3-4-13(8-14)20-2/h3-8,12,16,19H,9-11H2,1-2H3. The van der Waals surface area contributed by atoms with E-state index in [9.17, 15) is 5.11 Å². The molecule has 1 aromatic carbocycles. The molecule has 1 aromatic heterocycles. The Kier molecular flexibility index (Phi) is 5.59. The largest absolute Gasteiger partial charge is 0.497 e. The van der Waals surface area contributed by atoms with Crippen LogP contribution >= 0.6 is 0 Å². The first-order chi connectivity index (χ1) is 10.2. The van der Waals surface area contributed by atoms with Crippen LogP contribution in [-0.4, -0.2) is 41.0 Å². The van der Waals surface area contributed by atoms with E-state index >= 15 is 0 Å². The van der Waals surface area contributed by atoms with Crippen LogP contribution in [0.4, 0.5) is 0 Å². The number of aliphatic hydroxyl groups excluding tert-OH is 1. The highest BCUT2D eigenvalue weighted by Gasteiger charge is 2.06. The maximum atomic E-state index is 9.89. The number of nitrogens with one attached hydrogen (secondary N) is 1. The van der Waals surface area contributed by atoms with Crippen LogP contribution in [0.5, 0.6) is 11.5 Å². The second kappa shape index (κ2) is 7.66. The first kappa shape index (κ1) is 15.3. The third kappa shape index (κ3) is 4.77. The van der Waals surface area contributed by atoms with Gasteiger partial charge in [-0.2, -0.15) is 0 Å². The molecule has 0 saturated heterocycles. The molecule has 0 fully saturated rings. The van der Waals surface area contributed by atoms with Crippen molar-refractivity contribution in [2.24, 2.45) is 7.05 Å². The van der Waals surface area contributed by atoms with Crippen LogP contribution < -0.4 is 14.8 Å². The predicted octanol–water partition coefficient (Wildman–Crippen LogP) is 0.958. The zero-order valence-electron chi connectivity index (χ0n) is 12.3. The summed E-state index contributed by atoms with van der Waals surface area (Å²) in [7, 11) is 3.54. The molecule has 0 aliphatic carbocycles. The normalized spacial score (nSPS) is 12.1. The fourth-order valence-electron chi connectivity index (χ4n) is 1.86. The molecule has 2 aromatic rings.